The van der Waals surface area contributed by atoms with Crippen LogP contribution in [0.2, 0.25) is 0 Å². The fourth-order valence-corrected chi connectivity index (χ4v) is 1.98. The van der Waals surface area contributed by atoms with Crippen LogP contribution in [0.4, 0.5) is 0 Å². The molecule has 0 saturated carbocycles. The molecule has 4 heteroatoms. The van der Waals surface area contributed by atoms with E-state index in [9.17, 15) is 9.59 Å². The molecular weight excluding hydrogens is 266 g/mol. The number of allylic oxidation sites excluding steroid dienone is 3. The van der Waals surface area contributed by atoms with Crippen LogP contribution in [0.25, 0.3) is 0 Å². The summed E-state index contributed by atoms with van der Waals surface area (Å²) in [6.45, 7) is 5.89. The smallest absolute Gasteiger partial charge is 0.198 e. The monoisotopic (exact) mass is 285 g/mol. The number of carbonyl (C=O) groups excluding carboxylic acids is 2. The van der Waals surface area contributed by atoms with E-state index in [2.05, 4.69) is 5.32 Å². The predicted octanol–water partition coefficient (Wildman–Crippen LogP) is 2.62. The molecule has 1 saturated heterocycles. The third-order valence-electron chi connectivity index (χ3n) is 3.04. The summed E-state index contributed by atoms with van der Waals surface area (Å²) in [5.41, 5.74) is 0.687. The number of hydrogen-bond acceptors (Lipinski definition) is 4. The number of ether oxygens (including phenoxy) is 1. The summed E-state index contributed by atoms with van der Waals surface area (Å²) >= 11 is 0. The highest BCUT2D eigenvalue weighted by Gasteiger charge is 2.30. The zero-order valence-corrected chi connectivity index (χ0v) is 12.5. The second-order valence-corrected chi connectivity index (χ2v) is 5.68. The lowest BCUT2D eigenvalue weighted by Gasteiger charge is -2.14. The summed E-state index contributed by atoms with van der Waals surface area (Å²) < 4.78 is 5.59. The van der Waals surface area contributed by atoms with Crippen molar-refractivity contribution in [3.63, 3.8) is 0 Å². The highest BCUT2D eigenvalue weighted by atomic mass is 16.5. The molecule has 0 amide bonds. The number of Topliss-reactive ketones (excluding diaryl/α,β-unsaturated/α-hetero) is 1. The van der Waals surface area contributed by atoms with Gasteiger partial charge in [-0.05, 0) is 32.9 Å². The van der Waals surface area contributed by atoms with Gasteiger partial charge in [-0.2, -0.15) is 0 Å². The van der Waals surface area contributed by atoms with Gasteiger partial charge in [-0.3, -0.25) is 9.59 Å². The number of ketones is 2. The lowest BCUT2D eigenvalue weighted by atomic mass is 10.0. The molecular formula is C17H19NO3. The number of carbonyl (C=O) groups is 2. The molecule has 0 aliphatic carbocycles. The van der Waals surface area contributed by atoms with Gasteiger partial charge in [0.25, 0.3) is 0 Å². The molecule has 1 heterocycles. The fraction of sp³-hybridized carbons (Fsp3) is 0.294. The Bertz CT molecular complexity index is 612. The number of benzene rings is 1. The minimum atomic E-state index is -0.235. The summed E-state index contributed by atoms with van der Waals surface area (Å²) in [6, 6.07) is 8.94. The summed E-state index contributed by atoms with van der Waals surface area (Å²) in [6.07, 6.45) is 2.89. The molecule has 2 rings (SSSR count). The van der Waals surface area contributed by atoms with Crippen molar-refractivity contribution in [2.24, 2.45) is 0 Å². The second-order valence-electron chi connectivity index (χ2n) is 5.68. The Morgan fingerprint density at radius 2 is 1.86 bits per heavy atom. The molecule has 0 atom stereocenters. The van der Waals surface area contributed by atoms with Crippen LogP contribution in [0.15, 0.2) is 53.9 Å². The average molecular weight is 285 g/mol. The van der Waals surface area contributed by atoms with Gasteiger partial charge in [0, 0.05) is 5.56 Å². The predicted molar refractivity (Wildman–Crippen MR) is 80.8 cm³/mol. The Balaban J connectivity index is 2.40. The highest BCUT2D eigenvalue weighted by molar-refractivity contribution is 6.11. The van der Waals surface area contributed by atoms with E-state index < -0.39 is 0 Å². The van der Waals surface area contributed by atoms with Crippen LogP contribution in [-0.2, 0) is 9.53 Å². The molecule has 0 unspecified atom stereocenters. The Hall–Kier alpha value is -2.36. The molecule has 21 heavy (non-hydrogen) atoms. The lowest BCUT2D eigenvalue weighted by molar-refractivity contribution is -0.112. The molecule has 0 radical (unpaired) electrons. The van der Waals surface area contributed by atoms with E-state index in [0.717, 1.165) is 0 Å². The van der Waals surface area contributed by atoms with Crippen molar-refractivity contribution in [2.45, 2.75) is 26.3 Å². The summed E-state index contributed by atoms with van der Waals surface area (Å²) in [4.78, 5) is 23.8. The standard InChI is InChI=1S/C17H19NO3/c1-12(19)9-10-14(16-18-17(2,3)11-21-16)15(20)13-7-5-4-6-8-13/h4-10,18H,11H2,1-3H3/b10-9+,16-14+. The first-order valence-corrected chi connectivity index (χ1v) is 6.83. The Kier molecular flexibility index (Phi) is 4.26. The molecule has 1 aliphatic heterocycles. The minimum Gasteiger partial charge on any atom is -0.476 e. The maximum absolute atomic E-state index is 12.6. The van der Waals surface area contributed by atoms with Crippen LogP contribution in [0, 0.1) is 0 Å². The van der Waals surface area contributed by atoms with Gasteiger partial charge in [0.2, 0.25) is 0 Å². The van der Waals surface area contributed by atoms with Gasteiger partial charge in [0.1, 0.15) is 6.61 Å². The zero-order valence-electron chi connectivity index (χ0n) is 12.5. The van der Waals surface area contributed by atoms with Gasteiger partial charge in [0.05, 0.1) is 11.1 Å². The number of hydrogen-bond donors (Lipinski definition) is 1. The Morgan fingerprint density at radius 1 is 1.19 bits per heavy atom. The van der Waals surface area contributed by atoms with E-state index >= 15 is 0 Å². The molecule has 1 aromatic rings. The fourth-order valence-electron chi connectivity index (χ4n) is 1.98. The molecule has 110 valence electrons. The molecule has 1 N–H and O–H groups in total. The quantitative estimate of drug-likeness (QED) is 0.682. The van der Waals surface area contributed by atoms with Gasteiger partial charge < -0.3 is 10.1 Å². The third-order valence-corrected chi connectivity index (χ3v) is 3.04. The van der Waals surface area contributed by atoms with E-state index in [1.54, 1.807) is 24.3 Å². The molecule has 0 bridgehead atoms. The van der Waals surface area contributed by atoms with Crippen molar-refractivity contribution in [3.05, 3.63) is 59.5 Å². The van der Waals surface area contributed by atoms with E-state index in [-0.39, 0.29) is 17.1 Å². The highest BCUT2D eigenvalue weighted by Crippen LogP contribution is 2.22. The van der Waals surface area contributed by atoms with Crippen LogP contribution in [0.1, 0.15) is 31.1 Å². The molecule has 0 aromatic heterocycles. The maximum atomic E-state index is 12.6. The van der Waals surface area contributed by atoms with Crippen molar-refractivity contribution >= 4 is 11.6 Å². The van der Waals surface area contributed by atoms with Gasteiger partial charge in [-0.25, -0.2) is 0 Å². The molecule has 1 aromatic carbocycles. The first-order chi connectivity index (χ1) is 9.89. The summed E-state index contributed by atoms with van der Waals surface area (Å²) in [5.74, 6) is 0.130. The van der Waals surface area contributed by atoms with E-state index in [4.69, 9.17) is 4.74 Å². The number of nitrogens with one attached hydrogen (secondary N) is 1. The van der Waals surface area contributed by atoms with Gasteiger partial charge in [0.15, 0.2) is 17.4 Å². The second kappa shape index (κ2) is 5.95. The Morgan fingerprint density at radius 3 is 2.38 bits per heavy atom. The third kappa shape index (κ3) is 3.81. The van der Waals surface area contributed by atoms with E-state index in [0.29, 0.717) is 23.6 Å². The molecule has 0 spiro atoms. The van der Waals surface area contributed by atoms with Crippen LogP contribution < -0.4 is 5.32 Å². The number of rotatable bonds is 4. The van der Waals surface area contributed by atoms with Crippen LogP contribution in [0.5, 0.6) is 0 Å². The van der Waals surface area contributed by atoms with Crippen molar-refractivity contribution < 1.29 is 14.3 Å². The normalized spacial score (nSPS) is 19.0. The largest absolute Gasteiger partial charge is 0.476 e. The summed E-state index contributed by atoms with van der Waals surface area (Å²) in [5, 5.41) is 3.18. The first-order valence-electron chi connectivity index (χ1n) is 6.83. The van der Waals surface area contributed by atoms with Crippen molar-refractivity contribution in [3.8, 4) is 0 Å². The maximum Gasteiger partial charge on any atom is 0.198 e. The first kappa shape index (κ1) is 15.0. The van der Waals surface area contributed by atoms with Crippen LogP contribution in [-0.4, -0.2) is 23.7 Å². The van der Waals surface area contributed by atoms with E-state index in [1.807, 2.05) is 19.9 Å². The topological polar surface area (TPSA) is 55.4 Å². The molecule has 1 aliphatic rings. The van der Waals surface area contributed by atoms with Crippen LogP contribution >= 0.6 is 0 Å². The van der Waals surface area contributed by atoms with Crippen molar-refractivity contribution in [2.75, 3.05) is 6.61 Å². The zero-order chi connectivity index (χ0) is 15.5. The van der Waals surface area contributed by atoms with E-state index in [1.165, 1.54) is 19.1 Å². The Labute approximate surface area is 124 Å². The summed E-state index contributed by atoms with van der Waals surface area (Å²) in [7, 11) is 0. The van der Waals surface area contributed by atoms with Gasteiger partial charge in [-0.1, -0.05) is 30.3 Å². The van der Waals surface area contributed by atoms with Gasteiger partial charge >= 0.3 is 0 Å². The van der Waals surface area contributed by atoms with Gasteiger partial charge in [-0.15, -0.1) is 0 Å². The van der Waals surface area contributed by atoms with Crippen molar-refractivity contribution in [1.29, 1.82) is 0 Å². The minimum absolute atomic E-state index is 0.119. The molecule has 1 fully saturated rings. The lowest BCUT2D eigenvalue weighted by Crippen LogP contribution is -2.34. The molecule has 4 nitrogen and oxygen atoms in total. The SMILES string of the molecule is CC(=O)/C=C/C(C(=O)c1ccccc1)=C1/NC(C)(C)CO1. The van der Waals surface area contributed by atoms with Crippen molar-refractivity contribution in [1.82, 2.24) is 5.32 Å². The average Bonchev–Trinajstić information content (AvgIpc) is 2.79. The van der Waals surface area contributed by atoms with Crippen LogP contribution in [0.3, 0.4) is 0 Å².